The van der Waals surface area contributed by atoms with Gasteiger partial charge in [0, 0.05) is 17.8 Å². The van der Waals surface area contributed by atoms with Crippen molar-refractivity contribution < 1.29 is 18.9 Å². The van der Waals surface area contributed by atoms with Crippen molar-refractivity contribution in [2.45, 2.75) is 12.8 Å². The quantitative estimate of drug-likeness (QED) is 0.670. The molecule has 0 atom stereocenters. The van der Waals surface area contributed by atoms with E-state index in [4.69, 9.17) is 9.79 Å². The van der Waals surface area contributed by atoms with E-state index in [9.17, 15) is 4.57 Å². The molecule has 2 rings (SSSR count). The Kier molecular flexibility index (Phi) is 2.69. The lowest BCUT2D eigenvalue weighted by atomic mass is 10.0. The van der Waals surface area contributed by atoms with Crippen molar-refractivity contribution in [1.82, 2.24) is 0 Å². The van der Waals surface area contributed by atoms with Gasteiger partial charge < -0.3 is 9.84 Å². The molecule has 3 N–H and O–H groups in total. The van der Waals surface area contributed by atoms with Gasteiger partial charge in [-0.1, -0.05) is 6.07 Å². The summed E-state index contributed by atoms with van der Waals surface area (Å²) >= 11 is 0. The highest BCUT2D eigenvalue weighted by Gasteiger charge is 2.20. The monoisotopic (exact) mass is 229 g/mol. The van der Waals surface area contributed by atoms with E-state index in [2.05, 4.69) is 9.84 Å². The van der Waals surface area contributed by atoms with E-state index >= 15 is 0 Å². The van der Waals surface area contributed by atoms with Crippen LogP contribution in [-0.2, 0) is 11.0 Å². The van der Waals surface area contributed by atoms with Crippen LogP contribution in [0.2, 0.25) is 0 Å². The van der Waals surface area contributed by atoms with Crippen molar-refractivity contribution >= 4 is 13.5 Å². The second-order valence-electron chi connectivity index (χ2n) is 3.39. The van der Waals surface area contributed by atoms with Gasteiger partial charge >= 0.3 is 7.82 Å². The lowest BCUT2D eigenvalue weighted by molar-refractivity contribution is 0.282. The summed E-state index contributed by atoms with van der Waals surface area (Å²) in [4.78, 5) is 17.5. The maximum atomic E-state index is 10.7. The van der Waals surface area contributed by atoms with Gasteiger partial charge in [0.05, 0.1) is 0 Å². The molecule has 1 aromatic carbocycles. The Balaban J connectivity index is 2.35. The molecule has 0 bridgehead atoms. The third-order valence-corrected chi connectivity index (χ3v) is 2.70. The number of benzene rings is 1. The first-order valence-electron chi connectivity index (χ1n) is 4.67. The minimum atomic E-state index is -4.46. The molecule has 0 fully saturated rings. The molecule has 1 heterocycles. The van der Waals surface area contributed by atoms with Crippen LogP contribution in [-0.4, -0.2) is 16.3 Å². The van der Waals surface area contributed by atoms with Crippen molar-refractivity contribution in [3.05, 3.63) is 23.8 Å². The number of anilines is 1. The van der Waals surface area contributed by atoms with Crippen LogP contribution in [0.25, 0.3) is 0 Å². The molecule has 1 aliphatic rings. The van der Waals surface area contributed by atoms with Crippen LogP contribution in [0.4, 0.5) is 5.69 Å². The summed E-state index contributed by atoms with van der Waals surface area (Å²) in [6.07, 6.45) is 1.72. The van der Waals surface area contributed by atoms with Crippen LogP contribution in [0, 0.1) is 0 Å². The van der Waals surface area contributed by atoms with Gasteiger partial charge in [0.1, 0.15) is 5.75 Å². The van der Waals surface area contributed by atoms with E-state index < -0.39 is 7.82 Å². The van der Waals surface area contributed by atoms with E-state index in [0.29, 0.717) is 0 Å². The zero-order valence-electron chi connectivity index (χ0n) is 8.01. The standard InChI is InChI=1S/C9H12NO4P/c11-15(12,13)14-9-5-1-4-8-7(9)3-2-6-10-8/h1,4-5,10H,2-3,6H2,(H2,11,12,13). The van der Waals surface area contributed by atoms with Gasteiger partial charge in [0.15, 0.2) is 0 Å². The smallest absolute Gasteiger partial charge is 0.404 e. The zero-order valence-corrected chi connectivity index (χ0v) is 8.91. The summed E-state index contributed by atoms with van der Waals surface area (Å²) in [6, 6.07) is 5.16. The molecule has 0 aliphatic carbocycles. The second-order valence-corrected chi connectivity index (χ2v) is 4.56. The first-order chi connectivity index (χ1) is 7.06. The van der Waals surface area contributed by atoms with Crippen molar-refractivity contribution in [3.8, 4) is 5.75 Å². The molecule has 0 saturated heterocycles. The van der Waals surface area contributed by atoms with Gasteiger partial charge in [-0.2, -0.15) is 0 Å². The highest BCUT2D eigenvalue weighted by Crippen LogP contribution is 2.41. The lowest BCUT2D eigenvalue weighted by Gasteiger charge is -2.20. The Bertz CT molecular complexity index is 415. The van der Waals surface area contributed by atoms with Crippen LogP contribution < -0.4 is 9.84 Å². The summed E-state index contributed by atoms with van der Waals surface area (Å²) in [5.41, 5.74) is 1.74. The van der Waals surface area contributed by atoms with Crippen LogP contribution in [0.5, 0.6) is 5.75 Å². The minimum absolute atomic E-state index is 0.271. The van der Waals surface area contributed by atoms with Crippen molar-refractivity contribution in [2.24, 2.45) is 0 Å². The molecule has 0 spiro atoms. The summed E-state index contributed by atoms with van der Waals surface area (Å²) in [5, 5.41) is 3.16. The van der Waals surface area contributed by atoms with Gasteiger partial charge in [-0.25, -0.2) is 4.57 Å². The molecule has 1 aliphatic heterocycles. The summed E-state index contributed by atoms with van der Waals surface area (Å²) in [6.45, 7) is 0.881. The average molecular weight is 229 g/mol. The molecular weight excluding hydrogens is 217 g/mol. The number of hydrogen-bond acceptors (Lipinski definition) is 3. The maximum absolute atomic E-state index is 10.7. The minimum Gasteiger partial charge on any atom is -0.404 e. The van der Waals surface area contributed by atoms with Crippen LogP contribution in [0.15, 0.2) is 18.2 Å². The molecule has 6 heteroatoms. The maximum Gasteiger partial charge on any atom is 0.524 e. The topological polar surface area (TPSA) is 78.8 Å². The Labute approximate surface area is 87.3 Å². The molecule has 82 valence electrons. The Morgan fingerprint density at radius 2 is 2.20 bits per heavy atom. The van der Waals surface area contributed by atoms with E-state index in [1.807, 2.05) is 6.07 Å². The highest BCUT2D eigenvalue weighted by molar-refractivity contribution is 7.46. The number of fused-ring (bicyclic) bond motifs is 1. The van der Waals surface area contributed by atoms with Gasteiger partial charge in [-0.15, -0.1) is 0 Å². The molecule has 5 nitrogen and oxygen atoms in total. The molecule has 15 heavy (non-hydrogen) atoms. The number of rotatable bonds is 2. The SMILES string of the molecule is O=P(O)(O)Oc1cccc2c1CCCN2. The van der Waals surface area contributed by atoms with Gasteiger partial charge in [0.25, 0.3) is 0 Å². The number of phosphoric acid groups is 1. The van der Waals surface area contributed by atoms with Crippen molar-refractivity contribution in [3.63, 3.8) is 0 Å². The van der Waals surface area contributed by atoms with E-state index in [0.717, 1.165) is 30.6 Å². The summed E-state index contributed by atoms with van der Waals surface area (Å²) in [5.74, 6) is 0.271. The van der Waals surface area contributed by atoms with E-state index in [1.165, 1.54) is 0 Å². The fraction of sp³-hybridized carbons (Fsp3) is 0.333. The largest absolute Gasteiger partial charge is 0.524 e. The third-order valence-electron chi connectivity index (χ3n) is 2.27. The van der Waals surface area contributed by atoms with Crippen LogP contribution >= 0.6 is 7.82 Å². The summed E-state index contributed by atoms with van der Waals surface area (Å²) < 4.78 is 15.4. The Hall–Kier alpha value is -1.03. The lowest BCUT2D eigenvalue weighted by Crippen LogP contribution is -2.12. The van der Waals surface area contributed by atoms with E-state index in [-0.39, 0.29) is 5.75 Å². The highest BCUT2D eigenvalue weighted by atomic mass is 31.2. The molecular formula is C9H12NO4P. The third kappa shape index (κ3) is 2.50. The van der Waals surface area contributed by atoms with Gasteiger partial charge in [-0.3, -0.25) is 9.79 Å². The molecule has 0 radical (unpaired) electrons. The van der Waals surface area contributed by atoms with Crippen LogP contribution in [0.1, 0.15) is 12.0 Å². The fourth-order valence-corrected chi connectivity index (χ4v) is 2.12. The predicted octanol–water partition coefficient (Wildman–Crippen LogP) is 1.52. The number of hydrogen-bond donors (Lipinski definition) is 3. The second kappa shape index (κ2) is 3.85. The molecule has 1 aromatic rings. The first kappa shape index (κ1) is 10.5. The first-order valence-corrected chi connectivity index (χ1v) is 6.20. The predicted molar refractivity (Wildman–Crippen MR) is 55.9 cm³/mol. The summed E-state index contributed by atoms with van der Waals surface area (Å²) in [7, 11) is -4.46. The molecule has 0 amide bonds. The van der Waals surface area contributed by atoms with Crippen LogP contribution in [0.3, 0.4) is 0 Å². The number of nitrogens with one attached hydrogen (secondary N) is 1. The van der Waals surface area contributed by atoms with E-state index in [1.54, 1.807) is 12.1 Å². The Morgan fingerprint density at radius 3 is 2.93 bits per heavy atom. The van der Waals surface area contributed by atoms with Gasteiger partial charge in [-0.05, 0) is 25.0 Å². The molecule has 0 aromatic heterocycles. The Morgan fingerprint density at radius 1 is 1.40 bits per heavy atom. The average Bonchev–Trinajstić information content (AvgIpc) is 2.16. The van der Waals surface area contributed by atoms with Crippen molar-refractivity contribution in [1.29, 1.82) is 0 Å². The molecule has 0 unspecified atom stereocenters. The zero-order chi connectivity index (χ0) is 10.9. The molecule has 0 saturated carbocycles. The van der Waals surface area contributed by atoms with Gasteiger partial charge in [0.2, 0.25) is 0 Å². The van der Waals surface area contributed by atoms with Crippen molar-refractivity contribution in [2.75, 3.05) is 11.9 Å². The fourth-order valence-electron chi connectivity index (χ4n) is 1.69. The normalized spacial score (nSPS) is 15.3. The number of phosphoric ester groups is 1.